The fourth-order valence-corrected chi connectivity index (χ4v) is 3.51. The van der Waals surface area contributed by atoms with Gasteiger partial charge in [0.15, 0.2) is 0 Å². The van der Waals surface area contributed by atoms with E-state index in [0.29, 0.717) is 53.3 Å². The molecule has 1 aromatic carbocycles. The molecule has 138 valence electrons. The number of pyridine rings is 1. The molecule has 1 aromatic heterocycles. The van der Waals surface area contributed by atoms with Crippen molar-refractivity contribution in [2.45, 2.75) is 12.7 Å². The zero-order valence-corrected chi connectivity index (χ0v) is 16.9. The second kappa shape index (κ2) is 9.15. The molecule has 2 heterocycles. The normalized spacial score (nSPS) is 17.3. The van der Waals surface area contributed by atoms with Gasteiger partial charge in [-0.15, -0.1) is 0 Å². The lowest BCUT2D eigenvalue weighted by molar-refractivity contribution is -0.0648. The third-order valence-electron chi connectivity index (χ3n) is 3.97. The van der Waals surface area contributed by atoms with E-state index in [9.17, 15) is 4.79 Å². The second-order valence-electron chi connectivity index (χ2n) is 5.80. The molecular formula is C18H17BrCl2N2O3. The van der Waals surface area contributed by atoms with Gasteiger partial charge in [0.05, 0.1) is 25.9 Å². The molecule has 0 radical (unpaired) electrons. The zero-order chi connectivity index (χ0) is 18.5. The molecule has 0 saturated carbocycles. The zero-order valence-electron chi connectivity index (χ0n) is 13.8. The fraction of sp³-hybridized carbons (Fsp3) is 0.333. The van der Waals surface area contributed by atoms with Gasteiger partial charge in [-0.2, -0.15) is 0 Å². The highest BCUT2D eigenvalue weighted by atomic mass is 79.9. The van der Waals surface area contributed by atoms with E-state index in [-0.39, 0.29) is 12.0 Å². The first-order valence-corrected chi connectivity index (χ1v) is 9.63. The number of carbonyl (C=O) groups excluding carboxylic acids is 1. The molecule has 1 atom stereocenters. The van der Waals surface area contributed by atoms with E-state index in [2.05, 4.69) is 20.9 Å². The van der Waals surface area contributed by atoms with Gasteiger partial charge >= 0.3 is 0 Å². The summed E-state index contributed by atoms with van der Waals surface area (Å²) >= 11 is 15.6. The van der Waals surface area contributed by atoms with Crippen LogP contribution in [0, 0.1) is 0 Å². The number of hydrogen-bond acceptors (Lipinski definition) is 4. The third kappa shape index (κ3) is 4.96. The van der Waals surface area contributed by atoms with Crippen LogP contribution in [-0.4, -0.2) is 48.2 Å². The maximum absolute atomic E-state index is 12.6. The number of morpholine rings is 1. The van der Waals surface area contributed by atoms with E-state index in [0.717, 1.165) is 5.56 Å². The van der Waals surface area contributed by atoms with Crippen LogP contribution in [0.4, 0.5) is 0 Å². The molecule has 0 aliphatic carbocycles. The summed E-state index contributed by atoms with van der Waals surface area (Å²) in [6.45, 7) is 2.07. The van der Waals surface area contributed by atoms with Crippen molar-refractivity contribution >= 4 is 45.0 Å². The van der Waals surface area contributed by atoms with Crippen LogP contribution in [0.3, 0.4) is 0 Å². The van der Waals surface area contributed by atoms with Crippen LogP contribution in [-0.2, 0) is 16.1 Å². The maximum Gasteiger partial charge on any atom is 0.272 e. The molecule has 8 heteroatoms. The van der Waals surface area contributed by atoms with Gasteiger partial charge in [0.25, 0.3) is 5.91 Å². The van der Waals surface area contributed by atoms with Crippen LogP contribution in [0.5, 0.6) is 0 Å². The topological polar surface area (TPSA) is 51.7 Å². The van der Waals surface area contributed by atoms with Crippen molar-refractivity contribution < 1.29 is 14.3 Å². The van der Waals surface area contributed by atoms with Crippen LogP contribution < -0.4 is 0 Å². The Morgan fingerprint density at radius 2 is 2.00 bits per heavy atom. The van der Waals surface area contributed by atoms with Crippen molar-refractivity contribution in [3.05, 3.63) is 62.3 Å². The molecule has 1 aliphatic heterocycles. The third-order valence-corrected chi connectivity index (χ3v) is 5.12. The molecule has 1 amide bonds. The number of amides is 1. The Hall–Kier alpha value is -1.18. The molecule has 1 saturated heterocycles. The van der Waals surface area contributed by atoms with Crippen molar-refractivity contribution in [1.82, 2.24) is 9.88 Å². The smallest absolute Gasteiger partial charge is 0.272 e. The Balaban J connectivity index is 1.54. The van der Waals surface area contributed by atoms with Gasteiger partial charge in [-0.25, -0.2) is 4.98 Å². The summed E-state index contributed by atoms with van der Waals surface area (Å²) in [4.78, 5) is 18.5. The number of hydrogen-bond donors (Lipinski definition) is 0. The lowest BCUT2D eigenvalue weighted by atomic mass is 10.2. The number of halogens is 3. The highest BCUT2D eigenvalue weighted by Crippen LogP contribution is 2.25. The Labute approximate surface area is 170 Å². The summed E-state index contributed by atoms with van der Waals surface area (Å²) in [5, 5.41) is 1.14. The van der Waals surface area contributed by atoms with E-state index in [4.69, 9.17) is 32.7 Å². The molecule has 0 N–H and O–H groups in total. The Bertz CT molecular complexity index is 771. The number of carbonyl (C=O) groups is 1. The van der Waals surface area contributed by atoms with Crippen molar-refractivity contribution in [2.24, 2.45) is 0 Å². The average molecular weight is 460 g/mol. The van der Waals surface area contributed by atoms with Crippen molar-refractivity contribution in [3.8, 4) is 0 Å². The lowest BCUT2D eigenvalue weighted by Gasteiger charge is -2.32. The van der Waals surface area contributed by atoms with Gasteiger partial charge in [0, 0.05) is 28.7 Å². The summed E-state index contributed by atoms with van der Waals surface area (Å²) in [6, 6.07) is 10.6. The predicted octanol–water partition coefficient (Wildman–Crippen LogP) is 4.21. The molecule has 0 bridgehead atoms. The fourth-order valence-electron chi connectivity index (χ4n) is 2.66. The van der Waals surface area contributed by atoms with Gasteiger partial charge < -0.3 is 14.4 Å². The minimum Gasteiger partial charge on any atom is -0.374 e. The maximum atomic E-state index is 12.6. The van der Waals surface area contributed by atoms with Gasteiger partial charge in [0.1, 0.15) is 10.3 Å². The van der Waals surface area contributed by atoms with Crippen molar-refractivity contribution in [2.75, 3.05) is 26.3 Å². The molecular weight excluding hydrogens is 443 g/mol. The minimum absolute atomic E-state index is 0.117. The second-order valence-corrected chi connectivity index (χ2v) is 7.43. The van der Waals surface area contributed by atoms with Crippen molar-refractivity contribution in [1.29, 1.82) is 0 Å². The highest BCUT2D eigenvalue weighted by Gasteiger charge is 2.26. The first-order valence-electron chi connectivity index (χ1n) is 8.08. The summed E-state index contributed by atoms with van der Waals surface area (Å²) < 4.78 is 12.1. The number of ether oxygens (including phenoxy) is 2. The number of benzene rings is 1. The predicted molar refractivity (Wildman–Crippen MR) is 104 cm³/mol. The van der Waals surface area contributed by atoms with Gasteiger partial charge in [-0.3, -0.25) is 4.79 Å². The lowest BCUT2D eigenvalue weighted by Crippen LogP contribution is -2.47. The standard InChI is InChI=1S/C18H17BrCl2N2O3/c19-17-6-2-5-16(22-17)18(24)23-7-8-26-12(9-23)10-25-11-13-14(20)3-1-4-15(13)21/h1-6,12H,7-11H2/t12-/m0/s1. The van der Waals surface area contributed by atoms with E-state index in [1.165, 1.54) is 0 Å². The first kappa shape index (κ1) is 19.6. The van der Waals surface area contributed by atoms with Crippen LogP contribution >= 0.6 is 39.1 Å². The quantitative estimate of drug-likeness (QED) is 0.628. The monoisotopic (exact) mass is 458 g/mol. The SMILES string of the molecule is O=C(c1cccc(Br)n1)N1CCO[C@H](COCc2c(Cl)cccc2Cl)C1. The molecule has 5 nitrogen and oxygen atoms in total. The van der Waals surface area contributed by atoms with Gasteiger partial charge in [0.2, 0.25) is 0 Å². The molecule has 0 unspecified atom stereocenters. The first-order chi connectivity index (χ1) is 12.5. The van der Waals surface area contributed by atoms with Crippen LogP contribution in [0.1, 0.15) is 16.1 Å². The van der Waals surface area contributed by atoms with Crippen LogP contribution in [0.2, 0.25) is 10.0 Å². The minimum atomic E-state index is -0.207. The highest BCUT2D eigenvalue weighted by molar-refractivity contribution is 9.10. The Kier molecular flexibility index (Phi) is 6.89. The summed E-state index contributed by atoms with van der Waals surface area (Å²) in [6.07, 6.45) is -0.207. The molecule has 26 heavy (non-hydrogen) atoms. The summed E-state index contributed by atoms with van der Waals surface area (Å²) in [5.41, 5.74) is 1.15. The molecule has 1 fully saturated rings. The van der Waals surface area contributed by atoms with Gasteiger partial charge in [-0.1, -0.05) is 35.3 Å². The van der Waals surface area contributed by atoms with Crippen LogP contribution in [0.15, 0.2) is 41.0 Å². The number of nitrogens with zero attached hydrogens (tertiary/aromatic N) is 2. The van der Waals surface area contributed by atoms with E-state index in [1.807, 2.05) is 0 Å². The number of aromatic nitrogens is 1. The van der Waals surface area contributed by atoms with E-state index in [1.54, 1.807) is 41.3 Å². The number of rotatable bonds is 5. The molecule has 2 aromatic rings. The summed E-state index contributed by atoms with van der Waals surface area (Å²) in [7, 11) is 0. The molecule has 0 spiro atoms. The summed E-state index contributed by atoms with van der Waals surface area (Å²) in [5.74, 6) is -0.117. The Morgan fingerprint density at radius 1 is 1.27 bits per heavy atom. The van der Waals surface area contributed by atoms with Crippen LogP contribution in [0.25, 0.3) is 0 Å². The average Bonchev–Trinajstić information content (AvgIpc) is 2.64. The van der Waals surface area contributed by atoms with Crippen molar-refractivity contribution in [3.63, 3.8) is 0 Å². The van der Waals surface area contributed by atoms with E-state index >= 15 is 0 Å². The van der Waals surface area contributed by atoms with E-state index < -0.39 is 0 Å². The van der Waals surface area contributed by atoms with Gasteiger partial charge in [-0.05, 0) is 40.2 Å². The largest absolute Gasteiger partial charge is 0.374 e. The Morgan fingerprint density at radius 3 is 2.73 bits per heavy atom. The molecule has 3 rings (SSSR count). The molecule has 1 aliphatic rings.